The van der Waals surface area contributed by atoms with Crippen molar-refractivity contribution in [3.05, 3.63) is 71.8 Å². The molecule has 0 bridgehead atoms. The van der Waals surface area contributed by atoms with Gasteiger partial charge in [-0.2, -0.15) is 0 Å². The minimum Gasteiger partial charge on any atom is -0.494 e. The fourth-order valence-electron chi connectivity index (χ4n) is 3.85. The van der Waals surface area contributed by atoms with Crippen molar-refractivity contribution >= 4 is 21.4 Å². The van der Waals surface area contributed by atoms with Crippen molar-refractivity contribution in [3.8, 4) is 28.6 Å². The molecule has 0 saturated heterocycles. The molecule has 0 radical (unpaired) electrons. The molecule has 2 atom stereocenters. The molecule has 194 valence electrons. The van der Waals surface area contributed by atoms with Gasteiger partial charge in [-0.15, -0.1) is 10.2 Å². The zero-order chi connectivity index (χ0) is 26.6. The molecular formula is C24H25ClN6O5S. The summed E-state index contributed by atoms with van der Waals surface area (Å²) < 4.78 is 45.6. The van der Waals surface area contributed by atoms with Crippen LogP contribution in [0.25, 0.3) is 17.1 Å². The zero-order valence-electron chi connectivity index (χ0n) is 20.6. The molecule has 0 spiro atoms. The lowest BCUT2D eigenvalue weighted by atomic mass is 10.2. The van der Waals surface area contributed by atoms with Gasteiger partial charge in [-0.1, -0.05) is 17.7 Å². The second kappa shape index (κ2) is 11.2. The largest absolute Gasteiger partial charge is 0.494 e. The summed E-state index contributed by atoms with van der Waals surface area (Å²) in [5, 5.41) is 7.89. The van der Waals surface area contributed by atoms with E-state index in [-0.39, 0.29) is 11.6 Å². The number of pyridine rings is 1. The van der Waals surface area contributed by atoms with Crippen LogP contribution in [0.4, 0.5) is 0 Å². The molecule has 0 unspecified atom stereocenters. The second-order valence-electron chi connectivity index (χ2n) is 7.96. The van der Waals surface area contributed by atoms with E-state index in [0.717, 1.165) is 0 Å². The molecule has 0 N–H and O–H groups in total. The molecule has 0 saturated carbocycles. The van der Waals surface area contributed by atoms with Gasteiger partial charge >= 0.3 is 0 Å². The quantitative estimate of drug-likeness (QED) is 0.292. The van der Waals surface area contributed by atoms with Crippen LogP contribution in [-0.2, 0) is 20.3 Å². The summed E-state index contributed by atoms with van der Waals surface area (Å²) >= 11 is 5.89. The summed E-state index contributed by atoms with van der Waals surface area (Å²) in [4.78, 5) is 12.4. The van der Waals surface area contributed by atoms with E-state index in [1.54, 1.807) is 47.3 Å². The van der Waals surface area contributed by atoms with Crippen LogP contribution in [0.15, 0.2) is 55.1 Å². The minimum absolute atomic E-state index is 0.153. The van der Waals surface area contributed by atoms with Crippen LogP contribution in [0.2, 0.25) is 5.02 Å². The van der Waals surface area contributed by atoms with Crippen LogP contribution >= 0.6 is 11.6 Å². The lowest BCUT2D eigenvalue weighted by Gasteiger charge is -2.22. The number of hydrogen-bond acceptors (Lipinski definition) is 10. The smallest absolute Gasteiger partial charge is 0.170 e. The number of benzene rings is 1. The molecule has 3 aromatic heterocycles. The van der Waals surface area contributed by atoms with Crippen molar-refractivity contribution in [1.82, 2.24) is 29.7 Å². The van der Waals surface area contributed by atoms with E-state index in [1.807, 2.05) is 0 Å². The number of sulfone groups is 1. The summed E-state index contributed by atoms with van der Waals surface area (Å²) in [6.07, 6.45) is 5.09. The lowest BCUT2D eigenvalue weighted by Crippen LogP contribution is -2.30. The summed E-state index contributed by atoms with van der Waals surface area (Å²) in [7, 11) is 0.548. The molecule has 3 heterocycles. The summed E-state index contributed by atoms with van der Waals surface area (Å²) in [6.45, 7) is 1.54. The summed E-state index contributed by atoms with van der Waals surface area (Å²) in [5.41, 5.74) is 1.09. The third-order valence-electron chi connectivity index (χ3n) is 5.75. The Morgan fingerprint density at radius 3 is 2.22 bits per heavy atom. The first-order valence-corrected chi connectivity index (χ1v) is 13.2. The van der Waals surface area contributed by atoms with Gasteiger partial charge in [0.25, 0.3) is 0 Å². The highest BCUT2D eigenvalue weighted by atomic mass is 35.5. The second-order valence-corrected chi connectivity index (χ2v) is 10.8. The van der Waals surface area contributed by atoms with Gasteiger partial charge in [-0.25, -0.2) is 18.4 Å². The van der Waals surface area contributed by atoms with E-state index in [2.05, 4.69) is 25.1 Å². The highest BCUT2D eigenvalue weighted by Crippen LogP contribution is 2.37. The van der Waals surface area contributed by atoms with Crippen molar-refractivity contribution < 1.29 is 22.6 Å². The molecule has 13 heteroatoms. The monoisotopic (exact) mass is 544 g/mol. The Labute approximate surface area is 219 Å². The molecule has 0 aliphatic heterocycles. The van der Waals surface area contributed by atoms with Crippen molar-refractivity contribution in [2.24, 2.45) is 0 Å². The van der Waals surface area contributed by atoms with Gasteiger partial charge in [-0.05, 0) is 31.2 Å². The average molecular weight is 545 g/mol. The van der Waals surface area contributed by atoms with Crippen LogP contribution in [0.5, 0.6) is 11.5 Å². The van der Waals surface area contributed by atoms with E-state index < -0.39 is 26.9 Å². The Kier molecular flexibility index (Phi) is 8.00. The van der Waals surface area contributed by atoms with Crippen molar-refractivity contribution in [1.29, 1.82) is 0 Å². The van der Waals surface area contributed by atoms with Gasteiger partial charge in [0.2, 0.25) is 0 Å². The highest BCUT2D eigenvalue weighted by molar-refractivity contribution is 7.91. The summed E-state index contributed by atoms with van der Waals surface area (Å²) in [5.74, 6) is 1.15. The van der Waals surface area contributed by atoms with E-state index in [4.69, 9.17) is 25.8 Å². The van der Waals surface area contributed by atoms with Crippen molar-refractivity contribution in [2.45, 2.75) is 24.0 Å². The highest BCUT2D eigenvalue weighted by Gasteiger charge is 2.35. The molecular weight excluding hydrogens is 520 g/mol. The SMILES string of the molecule is COc1cccc(OC)c1-n1c(CS(=O)(=O)[C@@H](C)[C@H](OC)c2ncc(Cl)cn2)nnc1-c1cccnc1. The van der Waals surface area contributed by atoms with E-state index in [9.17, 15) is 8.42 Å². The van der Waals surface area contributed by atoms with E-state index >= 15 is 0 Å². The number of nitrogens with zero attached hydrogens (tertiary/aromatic N) is 6. The standard InChI is InChI=1S/C24H25ClN6O5S/c1-15(22(36-4)23-27-12-17(25)13-28-23)37(32,33)14-20-29-30-24(16-7-6-10-26-11-16)31(20)21-18(34-2)8-5-9-19(21)35-3/h5-13,15,22H,14H2,1-4H3/t15-,22-/m0/s1. The van der Waals surface area contributed by atoms with Crippen LogP contribution < -0.4 is 9.47 Å². The fourth-order valence-corrected chi connectivity index (χ4v) is 5.37. The number of para-hydroxylation sites is 1. The number of halogens is 1. The van der Waals surface area contributed by atoms with E-state index in [1.165, 1.54) is 40.6 Å². The van der Waals surface area contributed by atoms with Crippen LogP contribution in [0.1, 0.15) is 24.7 Å². The Morgan fingerprint density at radius 1 is 0.973 bits per heavy atom. The molecule has 4 aromatic rings. The predicted molar refractivity (Wildman–Crippen MR) is 137 cm³/mol. The molecule has 11 nitrogen and oxygen atoms in total. The Morgan fingerprint density at radius 2 is 1.65 bits per heavy atom. The molecule has 0 aliphatic rings. The number of hydrogen-bond donors (Lipinski definition) is 0. The van der Waals surface area contributed by atoms with Crippen LogP contribution in [-0.4, -0.2) is 64.7 Å². The first-order valence-electron chi connectivity index (χ1n) is 11.1. The number of rotatable bonds is 10. The van der Waals surface area contributed by atoms with Crippen molar-refractivity contribution in [3.63, 3.8) is 0 Å². The summed E-state index contributed by atoms with van der Waals surface area (Å²) in [6, 6.07) is 8.80. The molecule has 0 amide bonds. The van der Waals surface area contributed by atoms with E-state index in [0.29, 0.717) is 33.6 Å². The third-order valence-corrected chi connectivity index (χ3v) is 7.98. The van der Waals surface area contributed by atoms with Gasteiger partial charge in [0, 0.05) is 37.5 Å². The molecule has 0 fully saturated rings. The predicted octanol–water partition coefficient (Wildman–Crippen LogP) is 3.48. The van der Waals surface area contributed by atoms with Gasteiger partial charge in [0.1, 0.15) is 29.0 Å². The minimum atomic E-state index is -3.88. The molecule has 4 rings (SSSR count). The third kappa shape index (κ3) is 5.41. The molecule has 0 aliphatic carbocycles. The lowest BCUT2D eigenvalue weighted by molar-refractivity contribution is 0.0948. The van der Waals surface area contributed by atoms with Gasteiger partial charge < -0.3 is 14.2 Å². The average Bonchev–Trinajstić information content (AvgIpc) is 3.32. The molecule has 1 aromatic carbocycles. The van der Waals surface area contributed by atoms with Crippen LogP contribution in [0.3, 0.4) is 0 Å². The topological polar surface area (TPSA) is 131 Å². The maximum absolute atomic E-state index is 13.7. The normalized spacial score (nSPS) is 13.2. The van der Waals surface area contributed by atoms with Crippen molar-refractivity contribution in [2.75, 3.05) is 21.3 Å². The Hall–Kier alpha value is -3.61. The maximum Gasteiger partial charge on any atom is 0.170 e. The van der Waals surface area contributed by atoms with Crippen LogP contribution in [0, 0.1) is 0 Å². The number of methoxy groups -OCH3 is 3. The number of aromatic nitrogens is 6. The zero-order valence-corrected chi connectivity index (χ0v) is 22.1. The first kappa shape index (κ1) is 26.5. The van der Waals surface area contributed by atoms with Gasteiger partial charge in [-0.3, -0.25) is 9.55 Å². The van der Waals surface area contributed by atoms with Gasteiger partial charge in [0.15, 0.2) is 27.3 Å². The maximum atomic E-state index is 13.7. The Balaban J connectivity index is 1.83. The fraction of sp³-hybridized carbons (Fsp3) is 0.292. The molecule has 37 heavy (non-hydrogen) atoms. The number of ether oxygens (including phenoxy) is 3. The first-order chi connectivity index (χ1) is 17.8. The Bertz CT molecular complexity index is 1440. The van der Waals surface area contributed by atoms with Gasteiger partial charge in [0.05, 0.1) is 24.5 Å².